The molecule has 0 aromatic rings. The van der Waals surface area contributed by atoms with Crippen molar-refractivity contribution in [3.8, 4) is 0 Å². The summed E-state index contributed by atoms with van der Waals surface area (Å²) in [7, 11) is 0. The van der Waals surface area contributed by atoms with Gasteiger partial charge in [0, 0.05) is 0 Å². The van der Waals surface area contributed by atoms with Crippen LogP contribution in [0.1, 0.15) is 0 Å². The quantitative estimate of drug-likeness (QED) is 0.265. The van der Waals surface area contributed by atoms with Crippen molar-refractivity contribution >= 4 is 0 Å². The van der Waals surface area contributed by atoms with E-state index >= 15 is 0 Å². The summed E-state index contributed by atoms with van der Waals surface area (Å²) >= 11 is 0. The van der Waals surface area contributed by atoms with Gasteiger partial charge in [-0.1, -0.05) is 0 Å². The van der Waals surface area contributed by atoms with Crippen molar-refractivity contribution in [2.24, 2.45) is 0 Å². The number of hydrogen-bond acceptors (Lipinski definition) is 9. The van der Waals surface area contributed by atoms with Crippen LogP contribution in [-0.4, -0.2) is 92.9 Å². The zero-order chi connectivity index (χ0) is 14.2. The maximum absolute atomic E-state index is 9.70. The lowest BCUT2D eigenvalue weighted by molar-refractivity contribution is -0.236. The monoisotopic (exact) mass is 281 g/mol. The minimum absolute atomic E-state index is 0.191. The van der Waals surface area contributed by atoms with Crippen molar-refractivity contribution < 1.29 is 40.1 Å². The third-order valence-electron chi connectivity index (χ3n) is 3.33. The molecule has 2 fully saturated rings. The largest absolute Gasteiger partial charge is 0.388 e. The van der Waals surface area contributed by atoms with Gasteiger partial charge in [-0.2, -0.15) is 0 Å². The van der Waals surface area contributed by atoms with Gasteiger partial charge in [-0.15, -0.1) is 0 Å². The van der Waals surface area contributed by atoms with Gasteiger partial charge in [0.25, 0.3) is 0 Å². The Balaban J connectivity index is 1.94. The lowest BCUT2D eigenvalue weighted by Gasteiger charge is -2.41. The van der Waals surface area contributed by atoms with Crippen molar-refractivity contribution in [1.82, 2.24) is 5.32 Å². The molecule has 0 unspecified atom stereocenters. The molecule has 9 nitrogen and oxygen atoms in total. The summed E-state index contributed by atoms with van der Waals surface area (Å²) in [6.07, 6.45) is -10.1. The van der Waals surface area contributed by atoms with E-state index in [2.05, 4.69) is 5.32 Å². The maximum Gasteiger partial charge on any atom is 0.139 e. The van der Waals surface area contributed by atoms with Crippen LogP contribution in [0, 0.1) is 0 Å². The highest BCUT2D eigenvalue weighted by molar-refractivity contribution is 4.90. The summed E-state index contributed by atoms with van der Waals surface area (Å²) in [5.74, 6) is 0. The molecule has 112 valence electrons. The molecule has 2 heterocycles. The van der Waals surface area contributed by atoms with Crippen LogP contribution < -0.4 is 5.32 Å². The molecule has 2 aliphatic rings. The fourth-order valence-corrected chi connectivity index (χ4v) is 2.07. The normalized spacial score (nSPS) is 52.1. The first-order chi connectivity index (χ1) is 8.91. The van der Waals surface area contributed by atoms with E-state index in [1.165, 1.54) is 0 Å². The molecule has 9 heteroatoms. The number of rotatable bonds is 2. The summed E-state index contributed by atoms with van der Waals surface area (Å²) in [4.78, 5) is 0. The van der Waals surface area contributed by atoms with Gasteiger partial charge in [0.05, 0.1) is 13.2 Å². The zero-order valence-corrected chi connectivity index (χ0v) is 10.0. The van der Waals surface area contributed by atoms with Crippen LogP contribution >= 0.6 is 0 Å². The zero-order valence-electron chi connectivity index (χ0n) is 10.0. The number of aliphatic hydroxyl groups is 6. The highest BCUT2D eigenvalue weighted by atomic mass is 16.6. The Bertz CT molecular complexity index is 277. The standard InChI is InChI=1S/C10H19NO8/c12-3-1-18-9(7(16)5(3)14)11-10-8(17)6(15)4(13)2-19-10/h3-17H,1-2H2/t3-,4+,5-,6+,7-,8+,9+,10-. The van der Waals surface area contributed by atoms with Crippen molar-refractivity contribution in [3.63, 3.8) is 0 Å². The van der Waals surface area contributed by atoms with Crippen molar-refractivity contribution in [3.05, 3.63) is 0 Å². The van der Waals surface area contributed by atoms with Gasteiger partial charge >= 0.3 is 0 Å². The second-order valence-electron chi connectivity index (χ2n) is 4.77. The molecule has 2 rings (SSSR count). The summed E-state index contributed by atoms with van der Waals surface area (Å²) in [6, 6.07) is 0. The fraction of sp³-hybridized carbons (Fsp3) is 1.00. The van der Waals surface area contributed by atoms with E-state index in [-0.39, 0.29) is 13.2 Å². The third-order valence-corrected chi connectivity index (χ3v) is 3.33. The Hall–Kier alpha value is -0.360. The van der Waals surface area contributed by atoms with Crippen LogP contribution in [0.15, 0.2) is 0 Å². The van der Waals surface area contributed by atoms with E-state index in [0.29, 0.717) is 0 Å². The highest BCUT2D eigenvalue weighted by Crippen LogP contribution is 2.18. The third kappa shape index (κ3) is 3.05. The molecule has 0 saturated carbocycles. The first-order valence-electron chi connectivity index (χ1n) is 5.99. The smallest absolute Gasteiger partial charge is 0.139 e. The van der Waals surface area contributed by atoms with E-state index < -0.39 is 49.1 Å². The number of aliphatic hydroxyl groups excluding tert-OH is 6. The van der Waals surface area contributed by atoms with Crippen LogP contribution in [-0.2, 0) is 9.47 Å². The Morgan fingerprint density at radius 2 is 1.00 bits per heavy atom. The topological polar surface area (TPSA) is 152 Å². The molecule has 7 N–H and O–H groups in total. The summed E-state index contributed by atoms with van der Waals surface area (Å²) < 4.78 is 10.2. The van der Waals surface area contributed by atoms with Gasteiger partial charge in [0.2, 0.25) is 0 Å². The Kier molecular flexibility index (Phi) is 4.71. The Morgan fingerprint density at radius 3 is 1.37 bits per heavy atom. The van der Waals surface area contributed by atoms with Gasteiger partial charge < -0.3 is 40.1 Å². The minimum atomic E-state index is -1.41. The van der Waals surface area contributed by atoms with Gasteiger partial charge in [-0.3, -0.25) is 5.32 Å². The van der Waals surface area contributed by atoms with E-state index in [1.54, 1.807) is 0 Å². The molecule has 0 aromatic carbocycles. The molecular formula is C10H19NO8. The van der Waals surface area contributed by atoms with Gasteiger partial charge in [0.1, 0.15) is 49.1 Å². The summed E-state index contributed by atoms with van der Waals surface area (Å²) in [5.41, 5.74) is 0. The molecule has 0 aromatic heterocycles. The fourth-order valence-electron chi connectivity index (χ4n) is 2.07. The Morgan fingerprint density at radius 1 is 0.632 bits per heavy atom. The maximum atomic E-state index is 9.70. The predicted octanol–water partition coefficient (Wildman–Crippen LogP) is -4.55. The molecule has 2 aliphatic heterocycles. The number of nitrogens with one attached hydrogen (secondary N) is 1. The average Bonchev–Trinajstić information content (AvgIpc) is 2.39. The van der Waals surface area contributed by atoms with Gasteiger partial charge in [0.15, 0.2) is 0 Å². The van der Waals surface area contributed by atoms with Crippen LogP contribution in [0.25, 0.3) is 0 Å². The lowest BCUT2D eigenvalue weighted by atomic mass is 10.0. The second kappa shape index (κ2) is 5.95. The van der Waals surface area contributed by atoms with Crippen LogP contribution in [0.5, 0.6) is 0 Å². The first kappa shape index (κ1) is 15.0. The average molecular weight is 281 g/mol. The molecule has 0 spiro atoms. The second-order valence-corrected chi connectivity index (χ2v) is 4.77. The van der Waals surface area contributed by atoms with E-state index in [4.69, 9.17) is 9.47 Å². The van der Waals surface area contributed by atoms with E-state index in [9.17, 15) is 30.6 Å². The van der Waals surface area contributed by atoms with Crippen LogP contribution in [0.2, 0.25) is 0 Å². The van der Waals surface area contributed by atoms with Crippen LogP contribution in [0.4, 0.5) is 0 Å². The van der Waals surface area contributed by atoms with Crippen molar-refractivity contribution in [2.45, 2.75) is 49.1 Å². The molecule has 0 aliphatic carbocycles. The summed E-state index contributed by atoms with van der Waals surface area (Å²) in [5, 5.41) is 59.5. The van der Waals surface area contributed by atoms with E-state index in [1.807, 2.05) is 0 Å². The molecule has 0 amide bonds. The molecular weight excluding hydrogens is 262 g/mol. The van der Waals surface area contributed by atoms with Crippen molar-refractivity contribution in [2.75, 3.05) is 13.2 Å². The molecule has 2 saturated heterocycles. The number of ether oxygens (including phenoxy) is 2. The lowest BCUT2D eigenvalue weighted by Crippen LogP contribution is -2.65. The summed E-state index contributed by atoms with van der Waals surface area (Å²) in [6.45, 7) is -0.381. The molecule has 0 radical (unpaired) electrons. The first-order valence-corrected chi connectivity index (χ1v) is 5.99. The Labute approximate surface area is 109 Å². The molecule has 19 heavy (non-hydrogen) atoms. The molecule has 0 bridgehead atoms. The SMILES string of the molecule is O[C@@H]1[C@H](O)[C@H](N[C@H]2OC[C@@H](O)[C@@H](O)[C@H]2O)OC[C@@H]1O. The highest BCUT2D eigenvalue weighted by Gasteiger charge is 2.43. The predicted molar refractivity (Wildman–Crippen MR) is 58.7 cm³/mol. The minimum Gasteiger partial charge on any atom is -0.388 e. The van der Waals surface area contributed by atoms with Crippen molar-refractivity contribution in [1.29, 1.82) is 0 Å². The van der Waals surface area contributed by atoms with Gasteiger partial charge in [-0.05, 0) is 0 Å². The van der Waals surface area contributed by atoms with E-state index in [0.717, 1.165) is 0 Å². The van der Waals surface area contributed by atoms with Gasteiger partial charge in [-0.25, -0.2) is 0 Å². The number of hydrogen-bond donors (Lipinski definition) is 7. The molecule has 8 atom stereocenters. The van der Waals surface area contributed by atoms with Crippen LogP contribution in [0.3, 0.4) is 0 Å².